The first-order valence-electron chi connectivity index (χ1n) is 3.84. The van der Waals surface area contributed by atoms with Crippen molar-refractivity contribution in [2.75, 3.05) is 7.11 Å². The average molecular weight is 173 g/mol. The van der Waals surface area contributed by atoms with E-state index in [1.54, 1.807) is 0 Å². The predicted molar refractivity (Wildman–Crippen MR) is 44.8 cm³/mol. The van der Waals surface area contributed by atoms with Crippen LogP contribution in [0.15, 0.2) is 0 Å². The molecule has 70 valence electrons. The molecular weight excluding hydrogens is 158 g/mol. The van der Waals surface area contributed by atoms with Crippen LogP contribution >= 0.6 is 0 Å². The third-order valence-corrected chi connectivity index (χ3v) is 1.56. The third-order valence-electron chi connectivity index (χ3n) is 1.56. The minimum atomic E-state index is -0.566. The van der Waals surface area contributed by atoms with Crippen LogP contribution in [0.25, 0.3) is 0 Å². The Bertz CT molecular complexity index is 177. The Morgan fingerprint density at radius 1 is 1.33 bits per heavy atom. The Morgan fingerprint density at radius 2 is 1.83 bits per heavy atom. The molecule has 0 saturated carbocycles. The van der Waals surface area contributed by atoms with Crippen molar-refractivity contribution in [2.45, 2.75) is 26.8 Å². The lowest BCUT2D eigenvalue weighted by Crippen LogP contribution is -2.43. The van der Waals surface area contributed by atoms with Crippen molar-refractivity contribution in [3.05, 3.63) is 0 Å². The summed E-state index contributed by atoms with van der Waals surface area (Å²) in [7, 11) is 1.27. The number of amides is 1. The Balaban J connectivity index is 4.14. The SMILES string of the molecule is COC(=O)N[C@@H](C(C)=O)C(C)C. The fourth-order valence-corrected chi connectivity index (χ4v) is 0.924. The molecule has 0 aliphatic rings. The van der Waals surface area contributed by atoms with Crippen LogP contribution in [-0.2, 0) is 9.53 Å². The van der Waals surface area contributed by atoms with E-state index in [1.165, 1.54) is 14.0 Å². The molecule has 0 rings (SSSR count). The summed E-state index contributed by atoms with van der Waals surface area (Å²) in [4.78, 5) is 21.7. The van der Waals surface area contributed by atoms with Gasteiger partial charge in [0.15, 0.2) is 5.78 Å². The number of alkyl carbamates (subject to hydrolysis) is 1. The molecule has 0 radical (unpaired) electrons. The molecule has 0 bridgehead atoms. The molecule has 0 aromatic heterocycles. The maximum atomic E-state index is 11.0. The lowest BCUT2D eigenvalue weighted by atomic mass is 10.0. The smallest absolute Gasteiger partial charge is 0.407 e. The van der Waals surface area contributed by atoms with E-state index < -0.39 is 12.1 Å². The molecule has 4 heteroatoms. The number of hydrogen-bond donors (Lipinski definition) is 1. The van der Waals surface area contributed by atoms with Gasteiger partial charge in [0.2, 0.25) is 0 Å². The highest BCUT2D eigenvalue weighted by Gasteiger charge is 2.20. The van der Waals surface area contributed by atoms with Gasteiger partial charge in [-0.3, -0.25) is 4.79 Å². The fraction of sp³-hybridized carbons (Fsp3) is 0.750. The summed E-state index contributed by atoms with van der Waals surface area (Å²) in [5, 5.41) is 2.45. The fourth-order valence-electron chi connectivity index (χ4n) is 0.924. The van der Waals surface area contributed by atoms with Crippen LogP contribution in [0.1, 0.15) is 20.8 Å². The van der Waals surface area contributed by atoms with Gasteiger partial charge in [-0.1, -0.05) is 13.8 Å². The summed E-state index contributed by atoms with van der Waals surface area (Å²) in [6.07, 6.45) is -0.566. The molecule has 0 aliphatic heterocycles. The summed E-state index contributed by atoms with van der Waals surface area (Å²) >= 11 is 0. The normalized spacial score (nSPS) is 12.4. The molecule has 0 aliphatic carbocycles. The summed E-state index contributed by atoms with van der Waals surface area (Å²) in [6.45, 7) is 5.17. The number of carbonyl (C=O) groups is 2. The number of Topliss-reactive ketones (excluding diaryl/α,β-unsaturated/α-hetero) is 1. The van der Waals surface area contributed by atoms with Gasteiger partial charge in [0, 0.05) is 0 Å². The second-order valence-electron chi connectivity index (χ2n) is 2.97. The van der Waals surface area contributed by atoms with Crippen LogP contribution in [0, 0.1) is 5.92 Å². The number of carbonyl (C=O) groups excluding carboxylic acids is 2. The molecular formula is C8H15NO3. The van der Waals surface area contributed by atoms with E-state index >= 15 is 0 Å². The number of nitrogens with one attached hydrogen (secondary N) is 1. The minimum absolute atomic E-state index is 0.0598. The van der Waals surface area contributed by atoms with E-state index in [2.05, 4.69) is 10.1 Å². The molecule has 0 aromatic rings. The van der Waals surface area contributed by atoms with Gasteiger partial charge in [0.1, 0.15) is 0 Å². The second-order valence-corrected chi connectivity index (χ2v) is 2.97. The zero-order chi connectivity index (χ0) is 9.72. The zero-order valence-electron chi connectivity index (χ0n) is 7.88. The second kappa shape index (κ2) is 4.74. The standard InChI is InChI=1S/C8H15NO3/c1-5(2)7(6(3)10)9-8(11)12-4/h5,7H,1-4H3,(H,9,11)/t7-/m1/s1. The third kappa shape index (κ3) is 3.37. The molecule has 0 saturated heterocycles. The molecule has 0 spiro atoms. The summed E-state index contributed by atoms with van der Waals surface area (Å²) < 4.78 is 4.38. The van der Waals surface area contributed by atoms with E-state index in [4.69, 9.17) is 0 Å². The first kappa shape index (κ1) is 10.9. The van der Waals surface area contributed by atoms with E-state index in [0.29, 0.717) is 0 Å². The molecule has 0 aromatic carbocycles. The average Bonchev–Trinajstić information content (AvgIpc) is 1.98. The lowest BCUT2D eigenvalue weighted by Gasteiger charge is -2.18. The topological polar surface area (TPSA) is 55.4 Å². The molecule has 12 heavy (non-hydrogen) atoms. The van der Waals surface area contributed by atoms with E-state index in [0.717, 1.165) is 0 Å². The minimum Gasteiger partial charge on any atom is -0.453 e. The monoisotopic (exact) mass is 173 g/mol. The molecule has 4 nitrogen and oxygen atoms in total. The molecule has 0 unspecified atom stereocenters. The van der Waals surface area contributed by atoms with Gasteiger partial charge in [-0.2, -0.15) is 0 Å². The molecule has 1 atom stereocenters. The van der Waals surface area contributed by atoms with Crippen LogP contribution in [0.3, 0.4) is 0 Å². The largest absolute Gasteiger partial charge is 0.453 e. The van der Waals surface area contributed by atoms with E-state index in [1.807, 2.05) is 13.8 Å². The van der Waals surface area contributed by atoms with Gasteiger partial charge in [-0.25, -0.2) is 4.79 Å². The van der Waals surface area contributed by atoms with Crippen molar-refractivity contribution in [1.29, 1.82) is 0 Å². The van der Waals surface area contributed by atoms with Crippen molar-refractivity contribution >= 4 is 11.9 Å². The van der Waals surface area contributed by atoms with E-state index in [9.17, 15) is 9.59 Å². The van der Waals surface area contributed by atoms with Crippen LogP contribution < -0.4 is 5.32 Å². The first-order chi connectivity index (χ1) is 5.49. The van der Waals surface area contributed by atoms with E-state index in [-0.39, 0.29) is 11.7 Å². The summed E-state index contributed by atoms with van der Waals surface area (Å²) in [5.41, 5.74) is 0. The Kier molecular flexibility index (Phi) is 4.33. The number of hydrogen-bond acceptors (Lipinski definition) is 3. The first-order valence-corrected chi connectivity index (χ1v) is 3.84. The Hall–Kier alpha value is -1.06. The quantitative estimate of drug-likeness (QED) is 0.691. The Labute approximate surface area is 72.3 Å². The van der Waals surface area contributed by atoms with Crippen molar-refractivity contribution < 1.29 is 14.3 Å². The number of rotatable bonds is 3. The summed E-state index contributed by atoms with van der Waals surface area (Å²) in [6, 6.07) is -0.447. The number of methoxy groups -OCH3 is 1. The van der Waals surface area contributed by atoms with Crippen LogP contribution in [-0.4, -0.2) is 25.0 Å². The summed E-state index contributed by atoms with van der Waals surface area (Å²) in [5.74, 6) is 0.0250. The van der Waals surface area contributed by atoms with Gasteiger partial charge in [-0.05, 0) is 12.8 Å². The van der Waals surface area contributed by atoms with Crippen molar-refractivity contribution in [3.63, 3.8) is 0 Å². The Morgan fingerprint density at radius 3 is 2.08 bits per heavy atom. The highest BCUT2D eigenvalue weighted by Crippen LogP contribution is 2.02. The molecule has 1 N–H and O–H groups in total. The molecule has 1 amide bonds. The highest BCUT2D eigenvalue weighted by atomic mass is 16.5. The molecule has 0 fully saturated rings. The van der Waals surface area contributed by atoms with Crippen molar-refractivity contribution in [1.82, 2.24) is 5.32 Å². The number of ketones is 1. The predicted octanol–water partition coefficient (Wildman–Crippen LogP) is 0.956. The zero-order valence-corrected chi connectivity index (χ0v) is 7.88. The van der Waals surface area contributed by atoms with Crippen LogP contribution in [0.2, 0.25) is 0 Å². The number of ether oxygens (including phenoxy) is 1. The van der Waals surface area contributed by atoms with Gasteiger partial charge in [-0.15, -0.1) is 0 Å². The maximum Gasteiger partial charge on any atom is 0.407 e. The van der Waals surface area contributed by atoms with Gasteiger partial charge >= 0.3 is 6.09 Å². The highest BCUT2D eigenvalue weighted by molar-refractivity contribution is 5.85. The van der Waals surface area contributed by atoms with Gasteiger partial charge in [0.05, 0.1) is 13.2 Å². The van der Waals surface area contributed by atoms with Gasteiger partial charge < -0.3 is 10.1 Å². The van der Waals surface area contributed by atoms with Crippen LogP contribution in [0.5, 0.6) is 0 Å². The lowest BCUT2D eigenvalue weighted by molar-refractivity contribution is -0.119. The van der Waals surface area contributed by atoms with Crippen LogP contribution in [0.4, 0.5) is 4.79 Å². The van der Waals surface area contributed by atoms with Crippen molar-refractivity contribution in [2.24, 2.45) is 5.92 Å². The van der Waals surface area contributed by atoms with Crippen molar-refractivity contribution in [3.8, 4) is 0 Å². The van der Waals surface area contributed by atoms with Gasteiger partial charge in [0.25, 0.3) is 0 Å². The maximum absolute atomic E-state index is 11.0. The molecule has 0 heterocycles.